The van der Waals surface area contributed by atoms with E-state index in [1.807, 2.05) is 72.8 Å². The first kappa shape index (κ1) is 17.9. The summed E-state index contributed by atoms with van der Waals surface area (Å²) in [6.45, 7) is 0. The van der Waals surface area contributed by atoms with Crippen molar-refractivity contribution < 1.29 is 19.5 Å². The zero-order valence-corrected chi connectivity index (χ0v) is 24.5. The van der Waals surface area contributed by atoms with Gasteiger partial charge >= 0.3 is 0 Å². The summed E-state index contributed by atoms with van der Waals surface area (Å²) in [6.07, 6.45) is 0. The molecule has 2 heterocycles. The zero-order valence-electron chi connectivity index (χ0n) is 35.5. The van der Waals surface area contributed by atoms with Gasteiger partial charge in [0, 0.05) is 27.5 Å². The highest BCUT2D eigenvalue weighted by Gasteiger charge is 2.16. The molecule has 7 aromatic carbocycles. The fraction of sp³-hybridized carbons (Fsp3) is 0. The van der Waals surface area contributed by atoms with Crippen LogP contribution in [0.4, 0.5) is 0 Å². The number of aromatic nitrogens is 3. The molecule has 0 aliphatic heterocycles. The number of nitrogens with zero attached hydrogens (tertiary/aromatic N) is 3. The van der Waals surface area contributed by atoms with Crippen molar-refractivity contribution in [1.82, 2.24) is 15.0 Å². The van der Waals surface area contributed by atoms with Gasteiger partial charge in [0.2, 0.25) is 0 Å². The molecule has 0 aliphatic carbocycles. The monoisotopic (exact) mass is 612 g/mol. The van der Waals surface area contributed by atoms with Crippen molar-refractivity contribution >= 4 is 32.7 Å². The lowest BCUT2D eigenvalue weighted by molar-refractivity contribution is 0.669. The molecule has 0 saturated carbocycles. The minimum atomic E-state index is -0.692. The molecular formula is C43H27N3O. The molecule has 0 spiro atoms. The molecular weight excluding hydrogens is 574 g/mol. The largest absolute Gasteiger partial charge is 0.456 e. The van der Waals surface area contributed by atoms with Crippen LogP contribution in [0.5, 0.6) is 0 Å². The third kappa shape index (κ3) is 4.84. The van der Waals surface area contributed by atoms with E-state index >= 15 is 0 Å². The van der Waals surface area contributed by atoms with Gasteiger partial charge in [0.05, 0.1) is 15.1 Å². The second kappa shape index (κ2) is 11.2. The Morgan fingerprint density at radius 1 is 0.426 bits per heavy atom. The first-order chi connectivity index (χ1) is 27.9. The van der Waals surface area contributed by atoms with Gasteiger partial charge < -0.3 is 4.42 Å². The van der Waals surface area contributed by atoms with E-state index in [2.05, 4.69) is 0 Å². The summed E-state index contributed by atoms with van der Waals surface area (Å²) in [5, 5.41) is 1.40. The number of hydrogen-bond acceptors (Lipinski definition) is 4. The molecule has 0 bridgehead atoms. The van der Waals surface area contributed by atoms with E-state index in [9.17, 15) is 2.74 Å². The Bertz CT molecular complexity index is 3160. The molecule has 9 aromatic rings. The van der Waals surface area contributed by atoms with Crippen LogP contribution in [-0.4, -0.2) is 15.0 Å². The topological polar surface area (TPSA) is 51.8 Å². The van der Waals surface area contributed by atoms with Crippen molar-refractivity contribution in [2.75, 3.05) is 0 Å². The van der Waals surface area contributed by atoms with Crippen LogP contribution in [-0.2, 0) is 0 Å². The van der Waals surface area contributed by atoms with Gasteiger partial charge in [-0.15, -0.1) is 0 Å². The number of fused-ring (bicyclic) bond motifs is 4. The number of furan rings is 1. The molecule has 0 N–H and O–H groups in total. The van der Waals surface area contributed by atoms with Gasteiger partial charge in [0.15, 0.2) is 17.5 Å². The van der Waals surface area contributed by atoms with Gasteiger partial charge in [-0.05, 0) is 51.2 Å². The Balaban J connectivity index is 1.28. The molecule has 2 aromatic heterocycles. The maximum absolute atomic E-state index is 9.24. The van der Waals surface area contributed by atoms with Gasteiger partial charge in [-0.1, -0.05) is 145 Å². The quantitative estimate of drug-likeness (QED) is 0.194. The van der Waals surface area contributed by atoms with Crippen molar-refractivity contribution in [1.29, 1.82) is 0 Å². The van der Waals surface area contributed by atoms with E-state index in [4.69, 9.17) is 31.7 Å². The van der Waals surface area contributed by atoms with Crippen molar-refractivity contribution in [3.05, 3.63) is 164 Å². The molecule has 0 atom stereocenters. The molecule has 0 radical (unpaired) electrons. The van der Waals surface area contributed by atoms with Crippen molar-refractivity contribution in [3.63, 3.8) is 0 Å². The highest BCUT2D eigenvalue weighted by molar-refractivity contribution is 6.12. The average Bonchev–Trinajstić information content (AvgIpc) is 3.64. The molecule has 220 valence electrons. The summed E-state index contributed by atoms with van der Waals surface area (Å²) in [7, 11) is 0. The standard InChI is InChI=1S/C43H27N3O/c1-3-11-28(12-4-1)32-25-26-34-33(27-32)15-9-18-36(34)43-45-41(30-13-5-2-6-14-30)44-42(46-43)31-23-21-29(22-24-31)35-17-10-20-39-40(35)37-16-7-8-19-38(37)47-39/h1-27H/i1D,3D,4D,9D,11D,12D,15D,18D,25D,26D,27D. The number of benzene rings is 7. The maximum Gasteiger partial charge on any atom is 0.164 e. The molecule has 0 aliphatic rings. The van der Waals surface area contributed by atoms with Gasteiger partial charge in [0.1, 0.15) is 11.2 Å². The Morgan fingerprint density at radius 2 is 1.13 bits per heavy atom. The first-order valence-corrected chi connectivity index (χ1v) is 14.8. The zero-order chi connectivity index (χ0) is 40.7. The Hall–Kier alpha value is -6.39. The van der Waals surface area contributed by atoms with Crippen LogP contribution in [0, 0.1) is 0 Å². The Kier molecular flexibility index (Phi) is 4.27. The number of hydrogen-bond donors (Lipinski definition) is 0. The predicted molar refractivity (Wildman–Crippen MR) is 192 cm³/mol. The second-order valence-corrected chi connectivity index (χ2v) is 10.8. The minimum absolute atomic E-state index is 0.145. The molecule has 0 unspecified atom stereocenters. The summed E-state index contributed by atoms with van der Waals surface area (Å²) in [4.78, 5) is 14.3. The first-order valence-electron chi connectivity index (χ1n) is 20.3. The molecule has 0 amide bonds. The van der Waals surface area contributed by atoms with E-state index in [-0.39, 0.29) is 33.8 Å². The van der Waals surface area contributed by atoms with Crippen LogP contribution in [0.15, 0.2) is 168 Å². The normalized spacial score (nSPS) is 14.7. The lowest BCUT2D eigenvalue weighted by atomic mass is 9.98. The highest BCUT2D eigenvalue weighted by Crippen LogP contribution is 2.37. The van der Waals surface area contributed by atoms with Crippen LogP contribution in [0.25, 0.3) is 89.1 Å². The van der Waals surface area contributed by atoms with Crippen molar-refractivity contribution in [2.45, 2.75) is 0 Å². The predicted octanol–water partition coefficient (Wildman–Crippen LogP) is 11.3. The molecule has 9 rings (SSSR count). The van der Waals surface area contributed by atoms with E-state index in [1.165, 1.54) is 0 Å². The Labute approximate surface area is 287 Å². The number of para-hydroxylation sites is 1. The van der Waals surface area contributed by atoms with E-state index in [0.29, 0.717) is 11.1 Å². The van der Waals surface area contributed by atoms with Gasteiger partial charge in [-0.2, -0.15) is 0 Å². The smallest absolute Gasteiger partial charge is 0.164 e. The molecule has 47 heavy (non-hydrogen) atoms. The minimum Gasteiger partial charge on any atom is -0.456 e. The maximum atomic E-state index is 9.24. The summed E-state index contributed by atoms with van der Waals surface area (Å²) in [5.41, 5.74) is 3.43. The number of rotatable bonds is 5. The second-order valence-electron chi connectivity index (χ2n) is 10.8. The third-order valence-corrected chi connectivity index (χ3v) is 7.94. The fourth-order valence-corrected chi connectivity index (χ4v) is 5.72. The van der Waals surface area contributed by atoms with Crippen LogP contribution in [0.3, 0.4) is 0 Å². The summed E-state index contributed by atoms with van der Waals surface area (Å²) in [5.74, 6) is 0.248. The SMILES string of the molecule is [2H]c1c([2H])c([2H])c(-c2c([2H])c([2H])c3c(-c4nc(-c5ccccc5)nc(-c5ccc(-c6cccc7oc8ccccc8c67)cc5)n4)c([2H])c([2H])c([2H])c3c2[2H])c([2H])c1[2H]. The third-order valence-electron chi connectivity index (χ3n) is 7.94. The lowest BCUT2D eigenvalue weighted by Crippen LogP contribution is -2.00. The van der Waals surface area contributed by atoms with Gasteiger partial charge in [-0.3, -0.25) is 0 Å². The van der Waals surface area contributed by atoms with Gasteiger partial charge in [0.25, 0.3) is 0 Å². The van der Waals surface area contributed by atoms with Crippen LogP contribution in [0.1, 0.15) is 15.1 Å². The molecule has 4 nitrogen and oxygen atoms in total. The lowest BCUT2D eigenvalue weighted by Gasteiger charge is -2.12. The summed E-state index contributed by atoms with van der Waals surface area (Å²) in [6, 6.07) is 23.2. The van der Waals surface area contributed by atoms with E-state index in [0.717, 1.165) is 33.1 Å². The average molecular weight is 613 g/mol. The molecule has 4 heteroatoms. The van der Waals surface area contributed by atoms with Crippen molar-refractivity contribution in [2.24, 2.45) is 0 Å². The van der Waals surface area contributed by atoms with E-state index in [1.54, 1.807) is 24.3 Å². The van der Waals surface area contributed by atoms with Crippen molar-refractivity contribution in [3.8, 4) is 56.4 Å². The van der Waals surface area contributed by atoms with E-state index < -0.39 is 77.6 Å². The Morgan fingerprint density at radius 3 is 1.96 bits per heavy atom. The summed E-state index contributed by atoms with van der Waals surface area (Å²) < 4.78 is 102. The van der Waals surface area contributed by atoms with Gasteiger partial charge in [-0.25, -0.2) is 15.0 Å². The highest BCUT2D eigenvalue weighted by atomic mass is 16.3. The van der Waals surface area contributed by atoms with Crippen LogP contribution >= 0.6 is 0 Å². The molecule has 0 fully saturated rings. The summed E-state index contributed by atoms with van der Waals surface area (Å²) >= 11 is 0. The molecule has 0 saturated heterocycles. The van der Waals surface area contributed by atoms with Crippen LogP contribution in [0.2, 0.25) is 0 Å². The fourth-order valence-electron chi connectivity index (χ4n) is 5.72. The van der Waals surface area contributed by atoms with Crippen LogP contribution < -0.4 is 0 Å².